The number of thiazole rings is 1. The molecule has 2 aromatic rings. The Morgan fingerprint density at radius 2 is 2.23 bits per heavy atom. The van der Waals surface area contributed by atoms with Gasteiger partial charge in [-0.1, -0.05) is 0 Å². The minimum absolute atomic E-state index is 0.0178. The van der Waals surface area contributed by atoms with Crippen LogP contribution in [0.2, 0.25) is 0 Å². The second-order valence-corrected chi connectivity index (χ2v) is 7.52. The van der Waals surface area contributed by atoms with Crippen molar-refractivity contribution < 1.29 is 15.0 Å². The van der Waals surface area contributed by atoms with Gasteiger partial charge in [0.05, 0.1) is 24.5 Å². The molecule has 1 aromatic heterocycles. The lowest BCUT2D eigenvalue weighted by Gasteiger charge is -2.27. The number of rotatable bonds is 6. The number of nitrogens with two attached hydrogens (primary N) is 1. The van der Waals surface area contributed by atoms with Gasteiger partial charge in [0.1, 0.15) is 6.17 Å². The number of carbonyl (C=O) groups is 1. The number of likely N-dealkylation sites (N-methyl/N-ethyl adjacent to an activating group) is 1. The summed E-state index contributed by atoms with van der Waals surface area (Å²) in [5.41, 5.74) is 7.16. The van der Waals surface area contributed by atoms with Crippen molar-refractivity contribution in [2.75, 3.05) is 24.7 Å². The molecule has 1 atom stereocenters. The molecule has 1 aliphatic rings. The molecule has 5 N–H and O–H groups in total. The summed E-state index contributed by atoms with van der Waals surface area (Å²) in [6, 6.07) is 5.21. The van der Waals surface area contributed by atoms with Crippen molar-refractivity contribution in [1.29, 1.82) is 0 Å². The van der Waals surface area contributed by atoms with Crippen molar-refractivity contribution in [2.24, 2.45) is 0 Å². The van der Waals surface area contributed by atoms with Crippen molar-refractivity contribution in [3.8, 4) is 0 Å². The summed E-state index contributed by atoms with van der Waals surface area (Å²) >= 11 is 2.64. The molecule has 3 rings (SSSR count). The number of anilines is 2. The molecular formula is C16H19N5O3S2. The zero-order valence-electron chi connectivity index (χ0n) is 14.0. The number of benzene rings is 1. The Hall–Kier alpha value is -2.27. The molecule has 10 heteroatoms. The van der Waals surface area contributed by atoms with Gasteiger partial charge in [-0.15, -0.1) is 11.3 Å². The molecule has 0 aliphatic carbocycles. The number of carbonyl (C=O) groups excluding carboxylic acids is 1. The van der Waals surface area contributed by atoms with E-state index in [2.05, 4.69) is 10.3 Å². The Balaban J connectivity index is 1.74. The van der Waals surface area contributed by atoms with E-state index in [0.717, 1.165) is 4.90 Å². The maximum atomic E-state index is 12.5. The smallest absolute Gasteiger partial charge is 0.259 e. The Bertz CT molecular complexity index is 826. The number of nitrogens with zero attached hydrogens (tertiary/aromatic N) is 3. The van der Waals surface area contributed by atoms with Crippen LogP contribution in [0.25, 0.3) is 0 Å². The molecule has 2 heterocycles. The largest absolute Gasteiger partial charge is 0.398 e. The van der Waals surface area contributed by atoms with Crippen LogP contribution in [0.5, 0.6) is 0 Å². The molecule has 26 heavy (non-hydrogen) atoms. The van der Waals surface area contributed by atoms with E-state index in [1.165, 1.54) is 23.3 Å². The van der Waals surface area contributed by atoms with Gasteiger partial charge in [-0.05, 0) is 30.1 Å². The molecule has 0 radical (unpaired) electrons. The normalized spacial score (nSPS) is 16.3. The number of aliphatic hydroxyl groups excluding tert-OH is 2. The number of hydrogen-bond donors (Lipinski definition) is 4. The van der Waals surface area contributed by atoms with Crippen LogP contribution >= 0.6 is 23.3 Å². The van der Waals surface area contributed by atoms with Gasteiger partial charge < -0.3 is 20.8 Å². The lowest BCUT2D eigenvalue weighted by Crippen LogP contribution is -2.35. The van der Waals surface area contributed by atoms with E-state index in [-0.39, 0.29) is 25.3 Å². The zero-order valence-corrected chi connectivity index (χ0v) is 15.6. The molecule has 138 valence electrons. The summed E-state index contributed by atoms with van der Waals surface area (Å²) < 4.78 is 1.90. The summed E-state index contributed by atoms with van der Waals surface area (Å²) in [5.74, 6) is -0.364. The van der Waals surface area contributed by atoms with Crippen LogP contribution in [0.15, 0.2) is 40.9 Å². The Labute approximate surface area is 159 Å². The summed E-state index contributed by atoms with van der Waals surface area (Å²) in [6.45, 7) is -0.194. The number of hydrogen-bond acceptors (Lipinski definition) is 9. The molecule has 0 bridgehead atoms. The molecule has 1 amide bonds. The second-order valence-electron chi connectivity index (χ2n) is 5.58. The van der Waals surface area contributed by atoms with Gasteiger partial charge in [-0.3, -0.25) is 14.4 Å². The van der Waals surface area contributed by atoms with Crippen molar-refractivity contribution in [1.82, 2.24) is 14.2 Å². The maximum absolute atomic E-state index is 12.5. The van der Waals surface area contributed by atoms with Gasteiger partial charge in [0.25, 0.3) is 5.91 Å². The number of nitrogen functional groups attached to an aromatic ring is 1. The van der Waals surface area contributed by atoms with Gasteiger partial charge in [0.15, 0.2) is 5.13 Å². The van der Waals surface area contributed by atoms with E-state index in [9.17, 15) is 9.90 Å². The zero-order chi connectivity index (χ0) is 18.7. The molecule has 8 nitrogen and oxygen atoms in total. The molecule has 1 aromatic carbocycles. The average molecular weight is 393 g/mol. The molecular weight excluding hydrogens is 374 g/mol. The van der Waals surface area contributed by atoms with Gasteiger partial charge in [0, 0.05) is 35.4 Å². The Morgan fingerprint density at radius 1 is 1.42 bits per heavy atom. The maximum Gasteiger partial charge on any atom is 0.259 e. The van der Waals surface area contributed by atoms with E-state index in [0.29, 0.717) is 22.1 Å². The highest BCUT2D eigenvalue weighted by molar-refractivity contribution is 7.97. The number of aliphatic hydroxyl groups is 2. The summed E-state index contributed by atoms with van der Waals surface area (Å²) in [5, 5.41) is 23.3. The second kappa shape index (κ2) is 7.96. The first-order valence-corrected chi connectivity index (χ1v) is 9.40. The van der Waals surface area contributed by atoms with Crippen LogP contribution < -0.4 is 11.1 Å². The molecule has 0 fully saturated rings. The van der Waals surface area contributed by atoms with Crippen LogP contribution in [0, 0.1) is 0 Å². The molecule has 1 aliphatic heterocycles. The third-order valence-corrected chi connectivity index (χ3v) is 5.64. The van der Waals surface area contributed by atoms with Crippen LogP contribution in [0.3, 0.4) is 0 Å². The number of aromatic nitrogens is 1. The highest BCUT2D eigenvalue weighted by Crippen LogP contribution is 2.31. The predicted molar refractivity (Wildman–Crippen MR) is 102 cm³/mol. The minimum Gasteiger partial charge on any atom is -0.398 e. The fourth-order valence-corrected chi connectivity index (χ4v) is 4.05. The molecule has 1 unspecified atom stereocenters. The Morgan fingerprint density at radius 3 is 2.92 bits per heavy atom. The lowest BCUT2D eigenvalue weighted by atomic mass is 10.1. The summed E-state index contributed by atoms with van der Waals surface area (Å²) in [6.07, 6.45) is 3.58. The van der Waals surface area contributed by atoms with Crippen molar-refractivity contribution in [2.45, 2.75) is 17.7 Å². The van der Waals surface area contributed by atoms with Crippen molar-refractivity contribution >= 4 is 40.0 Å². The van der Waals surface area contributed by atoms with Crippen LogP contribution in [0.1, 0.15) is 16.1 Å². The van der Waals surface area contributed by atoms with Gasteiger partial charge >= 0.3 is 0 Å². The summed E-state index contributed by atoms with van der Waals surface area (Å²) in [4.78, 5) is 19.3. The standard InChI is InChI=1S/C16H19N5O3S2/c1-20-4-5-21(14(20)8-23)26-11-2-3-13(17)12(6-11)15(24)19-16-18-10(7-22)9-25-16/h2-6,9,14,22-23H,7-8,17H2,1H3,(H,18,19,24). The highest BCUT2D eigenvalue weighted by atomic mass is 32.2. The molecule has 0 saturated carbocycles. The number of amides is 1. The predicted octanol–water partition coefficient (Wildman–Crippen LogP) is 1.51. The van der Waals surface area contributed by atoms with Crippen molar-refractivity contribution in [3.63, 3.8) is 0 Å². The lowest BCUT2D eigenvalue weighted by molar-refractivity contribution is 0.102. The number of nitrogens with one attached hydrogen (secondary N) is 1. The topological polar surface area (TPSA) is 115 Å². The first kappa shape index (κ1) is 18.5. The van der Waals surface area contributed by atoms with E-state index in [4.69, 9.17) is 10.8 Å². The van der Waals surface area contributed by atoms with Gasteiger partial charge in [-0.2, -0.15) is 0 Å². The van der Waals surface area contributed by atoms with Crippen molar-refractivity contribution in [3.05, 3.63) is 47.2 Å². The van der Waals surface area contributed by atoms with Gasteiger partial charge in [0.2, 0.25) is 0 Å². The average Bonchev–Trinajstić information content (AvgIpc) is 3.22. The third-order valence-electron chi connectivity index (χ3n) is 3.79. The first-order valence-electron chi connectivity index (χ1n) is 7.75. The van der Waals surface area contributed by atoms with E-state index in [1.54, 1.807) is 17.5 Å². The molecule has 0 saturated heterocycles. The first-order chi connectivity index (χ1) is 12.5. The third kappa shape index (κ3) is 3.93. The van der Waals surface area contributed by atoms with Gasteiger partial charge in [-0.25, -0.2) is 4.98 Å². The van der Waals surface area contributed by atoms with Crippen LogP contribution in [0.4, 0.5) is 10.8 Å². The monoisotopic (exact) mass is 393 g/mol. The van der Waals surface area contributed by atoms with E-state index in [1.807, 2.05) is 34.7 Å². The SMILES string of the molecule is CN1C=CN(Sc2ccc(N)c(C(=O)Nc3nc(CO)cs3)c2)C1CO. The quantitative estimate of drug-likeness (QED) is 0.431. The van der Waals surface area contributed by atoms with Crippen LogP contribution in [-0.2, 0) is 6.61 Å². The summed E-state index contributed by atoms with van der Waals surface area (Å²) in [7, 11) is 1.88. The van der Waals surface area contributed by atoms with E-state index < -0.39 is 0 Å². The van der Waals surface area contributed by atoms with Crippen LogP contribution in [-0.4, -0.2) is 50.1 Å². The molecule has 0 spiro atoms. The highest BCUT2D eigenvalue weighted by Gasteiger charge is 2.24. The fraction of sp³-hybridized carbons (Fsp3) is 0.250. The Kier molecular flexibility index (Phi) is 5.67. The van der Waals surface area contributed by atoms with E-state index >= 15 is 0 Å². The fourth-order valence-electron chi connectivity index (χ4n) is 2.36. The minimum atomic E-state index is -0.364.